The molecule has 1 N–H and O–H groups in total. The van der Waals surface area contributed by atoms with E-state index < -0.39 is 0 Å². The molecule has 0 spiro atoms. The molecule has 0 aliphatic rings. The second kappa shape index (κ2) is 17.3. The summed E-state index contributed by atoms with van der Waals surface area (Å²) in [5.41, 5.74) is 0.485. The lowest BCUT2D eigenvalue weighted by molar-refractivity contribution is -0.00953. The molecule has 1 heterocycles. The number of carbonyl (C=O) groups excluding carboxylic acids is 1. The summed E-state index contributed by atoms with van der Waals surface area (Å²) in [5, 5.41) is 3.16. The molecule has 0 bridgehead atoms. The number of nitrogens with zero attached hydrogens (tertiary/aromatic N) is 1. The maximum Gasteiger partial charge on any atom is 0.183 e. The number of anilines is 1. The highest BCUT2D eigenvalue weighted by molar-refractivity contribution is 5.95. The lowest BCUT2D eigenvalue weighted by atomic mass is 10.1. The fourth-order valence-electron chi connectivity index (χ4n) is 2.24. The van der Waals surface area contributed by atoms with Gasteiger partial charge in [0.2, 0.25) is 0 Å². The Morgan fingerprint density at radius 3 is 1.90 bits per heavy atom. The molecule has 29 heavy (non-hydrogen) atoms. The SMILES string of the molecule is CCOCCOCCOCCOCCOCCNc1cccc(C(=O)C(C)C)n1. The number of ketones is 1. The topological polar surface area (TPSA) is 88.1 Å². The number of hydrogen-bond donors (Lipinski definition) is 1. The van der Waals surface area contributed by atoms with Crippen molar-refractivity contribution in [3.63, 3.8) is 0 Å². The van der Waals surface area contributed by atoms with E-state index in [1.165, 1.54) is 0 Å². The third kappa shape index (κ3) is 13.3. The van der Waals surface area contributed by atoms with Crippen LogP contribution in [0.1, 0.15) is 31.3 Å². The molecule has 0 saturated carbocycles. The highest BCUT2D eigenvalue weighted by Gasteiger charge is 2.11. The molecule has 0 unspecified atom stereocenters. The van der Waals surface area contributed by atoms with Crippen LogP contribution in [0.4, 0.5) is 5.82 Å². The molecular formula is C21H36N2O6. The van der Waals surface area contributed by atoms with Gasteiger partial charge < -0.3 is 29.0 Å². The van der Waals surface area contributed by atoms with Crippen LogP contribution in [0.2, 0.25) is 0 Å². The minimum atomic E-state index is -0.0644. The van der Waals surface area contributed by atoms with Crippen molar-refractivity contribution in [2.24, 2.45) is 5.92 Å². The van der Waals surface area contributed by atoms with Crippen LogP contribution in [-0.2, 0) is 23.7 Å². The molecule has 0 amide bonds. The molecule has 0 radical (unpaired) electrons. The zero-order chi connectivity index (χ0) is 21.2. The summed E-state index contributed by atoms with van der Waals surface area (Å²) in [7, 11) is 0. The van der Waals surface area contributed by atoms with Crippen LogP contribution in [0.5, 0.6) is 0 Å². The number of rotatable bonds is 19. The molecule has 0 aliphatic heterocycles. The van der Waals surface area contributed by atoms with Gasteiger partial charge in [0.15, 0.2) is 5.78 Å². The quantitative estimate of drug-likeness (QED) is 0.274. The molecule has 8 nitrogen and oxygen atoms in total. The molecule has 0 saturated heterocycles. The van der Waals surface area contributed by atoms with Gasteiger partial charge in [0, 0.05) is 19.1 Å². The van der Waals surface area contributed by atoms with Gasteiger partial charge >= 0.3 is 0 Å². The number of pyridine rings is 1. The van der Waals surface area contributed by atoms with Gasteiger partial charge in [-0.1, -0.05) is 19.9 Å². The third-order valence-electron chi connectivity index (χ3n) is 3.77. The Labute approximate surface area is 174 Å². The number of Topliss-reactive ketones (excluding diaryl/α,β-unsaturated/α-hetero) is 1. The zero-order valence-corrected chi connectivity index (χ0v) is 18.0. The molecule has 1 aromatic heterocycles. The van der Waals surface area contributed by atoms with Crippen molar-refractivity contribution in [3.05, 3.63) is 23.9 Å². The predicted octanol–water partition coefficient (Wildman–Crippen LogP) is 2.44. The van der Waals surface area contributed by atoms with Crippen molar-refractivity contribution in [3.8, 4) is 0 Å². The van der Waals surface area contributed by atoms with Crippen LogP contribution in [-0.4, -0.2) is 83.4 Å². The van der Waals surface area contributed by atoms with Crippen molar-refractivity contribution in [2.75, 3.05) is 77.9 Å². The van der Waals surface area contributed by atoms with Gasteiger partial charge in [-0.25, -0.2) is 4.98 Å². The van der Waals surface area contributed by atoms with E-state index in [0.717, 1.165) is 0 Å². The standard InChI is InChI=1S/C21H36N2O6/c1-4-25-10-11-27-14-15-29-17-16-28-13-12-26-9-8-22-20-7-5-6-19(23-20)21(24)18(2)3/h5-7,18H,4,8-17H2,1-3H3,(H,22,23). The molecule has 166 valence electrons. The Kier molecular flexibility index (Phi) is 15.2. The Balaban J connectivity index is 1.90. The van der Waals surface area contributed by atoms with E-state index >= 15 is 0 Å². The van der Waals surface area contributed by atoms with Crippen molar-refractivity contribution in [2.45, 2.75) is 20.8 Å². The summed E-state index contributed by atoms with van der Waals surface area (Å²) in [6.07, 6.45) is 0. The molecule has 0 atom stereocenters. The fraction of sp³-hybridized carbons (Fsp3) is 0.714. The van der Waals surface area contributed by atoms with Gasteiger partial charge in [-0.15, -0.1) is 0 Å². The van der Waals surface area contributed by atoms with Crippen molar-refractivity contribution in [1.29, 1.82) is 0 Å². The van der Waals surface area contributed by atoms with Gasteiger partial charge in [0.1, 0.15) is 11.5 Å². The summed E-state index contributed by atoms with van der Waals surface area (Å²) < 4.78 is 26.9. The lowest BCUT2D eigenvalue weighted by Gasteiger charge is -2.09. The first-order valence-corrected chi connectivity index (χ1v) is 10.3. The van der Waals surface area contributed by atoms with E-state index in [1.54, 1.807) is 6.07 Å². The van der Waals surface area contributed by atoms with Crippen molar-refractivity contribution >= 4 is 11.6 Å². The molecule has 0 aliphatic carbocycles. The smallest absolute Gasteiger partial charge is 0.183 e. The molecular weight excluding hydrogens is 376 g/mol. The van der Waals surface area contributed by atoms with Crippen LogP contribution in [0, 0.1) is 5.92 Å². The van der Waals surface area contributed by atoms with E-state index in [9.17, 15) is 4.79 Å². The summed E-state index contributed by atoms with van der Waals surface area (Å²) in [6, 6.07) is 5.40. The summed E-state index contributed by atoms with van der Waals surface area (Å²) in [6.45, 7) is 12.0. The number of nitrogens with one attached hydrogen (secondary N) is 1. The van der Waals surface area contributed by atoms with Crippen LogP contribution in [0.25, 0.3) is 0 Å². The van der Waals surface area contributed by atoms with Crippen LogP contribution in [0.3, 0.4) is 0 Å². The minimum Gasteiger partial charge on any atom is -0.379 e. The number of hydrogen-bond acceptors (Lipinski definition) is 8. The van der Waals surface area contributed by atoms with Gasteiger partial charge in [-0.05, 0) is 19.1 Å². The largest absolute Gasteiger partial charge is 0.379 e. The maximum absolute atomic E-state index is 12.0. The first-order chi connectivity index (χ1) is 14.1. The normalized spacial score (nSPS) is 11.2. The molecule has 8 heteroatoms. The number of carbonyl (C=O) groups is 1. The van der Waals surface area contributed by atoms with Crippen LogP contribution >= 0.6 is 0 Å². The average molecular weight is 413 g/mol. The maximum atomic E-state index is 12.0. The van der Waals surface area contributed by atoms with E-state index in [1.807, 2.05) is 32.9 Å². The first-order valence-electron chi connectivity index (χ1n) is 10.3. The van der Waals surface area contributed by atoms with Gasteiger partial charge in [-0.3, -0.25) is 4.79 Å². The fourth-order valence-corrected chi connectivity index (χ4v) is 2.24. The Morgan fingerprint density at radius 2 is 1.38 bits per heavy atom. The average Bonchev–Trinajstić information content (AvgIpc) is 2.73. The molecule has 0 aromatic carbocycles. The monoisotopic (exact) mass is 412 g/mol. The summed E-state index contributed by atoms with van der Waals surface area (Å²) in [4.78, 5) is 16.3. The first kappa shape index (κ1) is 25.5. The Bertz CT molecular complexity index is 542. The van der Waals surface area contributed by atoms with E-state index in [2.05, 4.69) is 10.3 Å². The predicted molar refractivity (Wildman–Crippen MR) is 112 cm³/mol. The molecule has 1 rings (SSSR count). The zero-order valence-electron chi connectivity index (χ0n) is 18.0. The summed E-state index contributed by atoms with van der Waals surface area (Å²) >= 11 is 0. The highest BCUT2D eigenvalue weighted by atomic mass is 16.6. The molecule has 1 aromatic rings. The van der Waals surface area contributed by atoms with Gasteiger partial charge in [-0.2, -0.15) is 0 Å². The number of aromatic nitrogens is 1. The van der Waals surface area contributed by atoms with Crippen molar-refractivity contribution in [1.82, 2.24) is 4.98 Å². The third-order valence-corrected chi connectivity index (χ3v) is 3.77. The Hall–Kier alpha value is -1.58. The van der Waals surface area contributed by atoms with E-state index in [-0.39, 0.29) is 11.7 Å². The van der Waals surface area contributed by atoms with E-state index in [0.29, 0.717) is 84.1 Å². The highest BCUT2D eigenvalue weighted by Crippen LogP contribution is 2.09. The van der Waals surface area contributed by atoms with Gasteiger partial charge in [0.05, 0.1) is 59.5 Å². The second-order valence-corrected chi connectivity index (χ2v) is 6.50. The lowest BCUT2D eigenvalue weighted by Crippen LogP contribution is -2.16. The van der Waals surface area contributed by atoms with Crippen LogP contribution in [0.15, 0.2) is 18.2 Å². The van der Waals surface area contributed by atoms with E-state index in [4.69, 9.17) is 23.7 Å². The number of ether oxygens (including phenoxy) is 5. The Morgan fingerprint density at radius 1 is 0.862 bits per heavy atom. The van der Waals surface area contributed by atoms with Crippen LogP contribution < -0.4 is 5.32 Å². The summed E-state index contributed by atoms with van der Waals surface area (Å²) in [5.74, 6) is 0.654. The minimum absolute atomic E-state index is 0.0418. The second-order valence-electron chi connectivity index (χ2n) is 6.50. The molecule has 0 fully saturated rings. The van der Waals surface area contributed by atoms with Crippen molar-refractivity contribution < 1.29 is 28.5 Å². The van der Waals surface area contributed by atoms with Gasteiger partial charge in [0.25, 0.3) is 0 Å².